The van der Waals surface area contributed by atoms with Gasteiger partial charge in [0.25, 0.3) is 0 Å². The number of ether oxygens (including phenoxy) is 2. The molecule has 1 aromatic carbocycles. The Balaban J connectivity index is 2.06. The van der Waals surface area contributed by atoms with Gasteiger partial charge in [-0.1, -0.05) is 0 Å². The molecule has 0 aliphatic carbocycles. The van der Waals surface area contributed by atoms with Crippen molar-refractivity contribution in [3.8, 4) is 5.75 Å². The minimum absolute atomic E-state index is 0.300. The molecule has 0 bridgehead atoms. The summed E-state index contributed by atoms with van der Waals surface area (Å²) in [7, 11) is 0. The van der Waals surface area contributed by atoms with Crippen molar-refractivity contribution < 1.29 is 34.3 Å². The number of hydrogen-bond donors (Lipinski definition) is 4. The first kappa shape index (κ1) is 18.8. The summed E-state index contributed by atoms with van der Waals surface area (Å²) in [5.41, 5.74) is 1.73. The Kier molecular flexibility index (Phi) is 5.05. The highest BCUT2D eigenvalue weighted by Crippen LogP contribution is 2.33. The van der Waals surface area contributed by atoms with E-state index in [4.69, 9.17) is 13.9 Å². The zero-order chi connectivity index (χ0) is 19.2. The summed E-state index contributed by atoms with van der Waals surface area (Å²) >= 11 is 0. The maximum Gasteiger partial charge on any atom is 0.339 e. The molecule has 1 saturated heterocycles. The molecule has 2 aromatic rings. The Bertz CT molecular complexity index is 872. The topological polar surface area (TPSA) is 130 Å². The van der Waals surface area contributed by atoms with Gasteiger partial charge in [-0.15, -0.1) is 0 Å². The van der Waals surface area contributed by atoms with Gasteiger partial charge in [0.2, 0.25) is 6.29 Å². The van der Waals surface area contributed by atoms with E-state index in [0.29, 0.717) is 27.8 Å². The number of benzene rings is 1. The van der Waals surface area contributed by atoms with E-state index in [2.05, 4.69) is 0 Å². The van der Waals surface area contributed by atoms with Crippen LogP contribution in [0.4, 0.5) is 0 Å². The number of aliphatic hydroxyl groups excluding tert-OH is 4. The van der Waals surface area contributed by atoms with Crippen molar-refractivity contribution in [3.05, 3.63) is 39.2 Å². The SMILES string of the molecule is Cc1cc(O[C@@H]2O[C@H](CO)[C@@H](O)[C@H](O)[C@H]2O)c2c(C)c(C)c(=O)oc2c1. The standard InChI is InChI=1S/C18H22O8/c1-7-4-10-13(8(2)9(3)17(23)24-10)11(5-7)25-18-16(22)15(21)14(20)12(6-19)26-18/h4-5,12,14-16,18-22H,6H2,1-3H3/t12-,14-,15+,16-,18-/m1/s1. The Hall–Kier alpha value is -1.97. The fourth-order valence-electron chi connectivity index (χ4n) is 3.07. The normalized spacial score (nSPS) is 29.1. The molecule has 5 atom stereocenters. The zero-order valence-electron chi connectivity index (χ0n) is 14.7. The molecule has 8 heteroatoms. The smallest absolute Gasteiger partial charge is 0.339 e. The van der Waals surface area contributed by atoms with Crippen LogP contribution in [0.15, 0.2) is 21.3 Å². The minimum Gasteiger partial charge on any atom is -0.461 e. The monoisotopic (exact) mass is 366 g/mol. The van der Waals surface area contributed by atoms with Crippen LogP contribution in [0, 0.1) is 20.8 Å². The van der Waals surface area contributed by atoms with Crippen molar-refractivity contribution in [1.29, 1.82) is 0 Å². The van der Waals surface area contributed by atoms with Crippen LogP contribution < -0.4 is 10.4 Å². The molecule has 142 valence electrons. The van der Waals surface area contributed by atoms with E-state index in [9.17, 15) is 25.2 Å². The van der Waals surface area contributed by atoms with Gasteiger partial charge in [0.1, 0.15) is 35.7 Å². The molecule has 0 spiro atoms. The summed E-state index contributed by atoms with van der Waals surface area (Å²) < 4.78 is 16.5. The lowest BCUT2D eigenvalue weighted by Gasteiger charge is -2.39. The largest absolute Gasteiger partial charge is 0.461 e. The predicted octanol–water partition coefficient (Wildman–Crippen LogP) is -0.103. The number of rotatable bonds is 3. The van der Waals surface area contributed by atoms with Crippen molar-refractivity contribution in [2.75, 3.05) is 6.61 Å². The van der Waals surface area contributed by atoms with Crippen LogP contribution in [0.2, 0.25) is 0 Å². The molecule has 0 radical (unpaired) electrons. The molecule has 3 rings (SSSR count). The van der Waals surface area contributed by atoms with Crippen molar-refractivity contribution in [2.24, 2.45) is 0 Å². The van der Waals surface area contributed by atoms with Gasteiger partial charge in [-0.05, 0) is 44.0 Å². The van der Waals surface area contributed by atoms with Crippen LogP contribution in [0.1, 0.15) is 16.7 Å². The quantitative estimate of drug-likeness (QED) is 0.554. The first-order chi connectivity index (χ1) is 12.2. The molecule has 0 amide bonds. The lowest BCUT2D eigenvalue weighted by molar-refractivity contribution is -0.277. The third-order valence-electron chi connectivity index (χ3n) is 4.75. The Morgan fingerprint density at radius 2 is 1.73 bits per heavy atom. The second kappa shape index (κ2) is 6.98. The first-order valence-corrected chi connectivity index (χ1v) is 8.26. The zero-order valence-corrected chi connectivity index (χ0v) is 14.7. The van der Waals surface area contributed by atoms with E-state index >= 15 is 0 Å². The van der Waals surface area contributed by atoms with Gasteiger partial charge in [-0.3, -0.25) is 0 Å². The lowest BCUT2D eigenvalue weighted by atomic mass is 9.99. The van der Waals surface area contributed by atoms with Gasteiger partial charge in [0.05, 0.1) is 12.0 Å². The molecule has 0 unspecified atom stereocenters. The fourth-order valence-corrected chi connectivity index (χ4v) is 3.07. The van der Waals surface area contributed by atoms with E-state index in [0.717, 1.165) is 5.56 Å². The Labute approximate surface area is 149 Å². The van der Waals surface area contributed by atoms with E-state index in [1.54, 1.807) is 32.9 Å². The highest BCUT2D eigenvalue weighted by Gasteiger charge is 2.44. The third-order valence-corrected chi connectivity index (χ3v) is 4.75. The number of fused-ring (bicyclic) bond motifs is 1. The summed E-state index contributed by atoms with van der Waals surface area (Å²) in [5.74, 6) is 0.300. The van der Waals surface area contributed by atoms with Crippen molar-refractivity contribution >= 4 is 11.0 Å². The van der Waals surface area contributed by atoms with Crippen LogP contribution >= 0.6 is 0 Å². The van der Waals surface area contributed by atoms with E-state index in [1.165, 1.54) is 0 Å². The maximum absolute atomic E-state index is 11.9. The molecule has 1 aliphatic rings. The van der Waals surface area contributed by atoms with Crippen LogP contribution in [-0.2, 0) is 4.74 Å². The van der Waals surface area contributed by atoms with Gasteiger partial charge in [0, 0.05) is 5.56 Å². The summed E-state index contributed by atoms with van der Waals surface area (Å²) in [5, 5.41) is 39.8. The second-order valence-corrected chi connectivity index (χ2v) is 6.59. The van der Waals surface area contributed by atoms with Gasteiger partial charge in [-0.2, -0.15) is 0 Å². The molecule has 1 aromatic heterocycles. The molecule has 4 N–H and O–H groups in total. The van der Waals surface area contributed by atoms with Gasteiger partial charge in [-0.25, -0.2) is 4.79 Å². The summed E-state index contributed by atoms with van der Waals surface area (Å²) in [6.45, 7) is 4.63. The summed E-state index contributed by atoms with van der Waals surface area (Å²) in [6.07, 6.45) is -6.92. The highest BCUT2D eigenvalue weighted by molar-refractivity contribution is 5.88. The molecular formula is C18H22O8. The third kappa shape index (κ3) is 3.10. The molecule has 26 heavy (non-hydrogen) atoms. The van der Waals surface area contributed by atoms with Crippen molar-refractivity contribution in [2.45, 2.75) is 51.5 Å². The van der Waals surface area contributed by atoms with Crippen LogP contribution in [0.5, 0.6) is 5.75 Å². The molecule has 0 saturated carbocycles. The van der Waals surface area contributed by atoms with Gasteiger partial charge in [0.15, 0.2) is 0 Å². The second-order valence-electron chi connectivity index (χ2n) is 6.59. The lowest BCUT2D eigenvalue weighted by Crippen LogP contribution is -2.60. The Morgan fingerprint density at radius 1 is 1.04 bits per heavy atom. The molecule has 8 nitrogen and oxygen atoms in total. The van der Waals surface area contributed by atoms with Crippen molar-refractivity contribution in [3.63, 3.8) is 0 Å². The highest BCUT2D eigenvalue weighted by atomic mass is 16.7. The summed E-state index contributed by atoms with van der Waals surface area (Å²) in [6, 6.07) is 3.39. The number of aliphatic hydroxyl groups is 4. The van der Waals surface area contributed by atoms with E-state index in [-0.39, 0.29) is 0 Å². The summed E-state index contributed by atoms with van der Waals surface area (Å²) in [4.78, 5) is 11.9. The van der Waals surface area contributed by atoms with Crippen LogP contribution in [0.25, 0.3) is 11.0 Å². The van der Waals surface area contributed by atoms with Crippen LogP contribution in [-0.4, -0.2) is 57.7 Å². The number of hydrogen-bond acceptors (Lipinski definition) is 8. The van der Waals surface area contributed by atoms with E-state index in [1.807, 2.05) is 0 Å². The number of aryl methyl sites for hydroxylation is 2. The molecule has 1 aliphatic heterocycles. The fraction of sp³-hybridized carbons (Fsp3) is 0.500. The van der Waals surface area contributed by atoms with E-state index < -0.39 is 42.9 Å². The maximum atomic E-state index is 11.9. The Morgan fingerprint density at radius 3 is 2.38 bits per heavy atom. The van der Waals surface area contributed by atoms with Crippen LogP contribution in [0.3, 0.4) is 0 Å². The van der Waals surface area contributed by atoms with Crippen molar-refractivity contribution in [1.82, 2.24) is 0 Å². The molecule has 1 fully saturated rings. The van der Waals surface area contributed by atoms with Gasteiger partial charge < -0.3 is 34.3 Å². The molecule has 2 heterocycles. The average Bonchev–Trinajstić information content (AvgIpc) is 2.59. The minimum atomic E-state index is -1.54. The molecular weight excluding hydrogens is 344 g/mol. The average molecular weight is 366 g/mol. The predicted molar refractivity (Wildman–Crippen MR) is 91.1 cm³/mol. The van der Waals surface area contributed by atoms with Gasteiger partial charge >= 0.3 is 5.63 Å². The first-order valence-electron chi connectivity index (χ1n) is 8.26.